The lowest BCUT2D eigenvalue weighted by Crippen LogP contribution is -2.19. The quantitative estimate of drug-likeness (QED) is 0.682. The molecule has 120 valence electrons. The molecule has 0 aliphatic carbocycles. The minimum atomic E-state index is -0.272. The third-order valence-corrected chi connectivity index (χ3v) is 3.07. The molecule has 0 saturated heterocycles. The van der Waals surface area contributed by atoms with E-state index in [2.05, 4.69) is 25.4 Å². The number of rotatable bonds is 5. The molecule has 1 amide bonds. The van der Waals surface area contributed by atoms with Gasteiger partial charge in [0.2, 0.25) is 11.9 Å². The fourth-order valence-electron chi connectivity index (χ4n) is 1.89. The van der Waals surface area contributed by atoms with Gasteiger partial charge in [-0.3, -0.25) is 9.78 Å². The summed E-state index contributed by atoms with van der Waals surface area (Å²) in [5, 5.41) is 6.66. The van der Waals surface area contributed by atoms with Crippen LogP contribution in [0.1, 0.15) is 11.3 Å². The number of hydrogen-bond donors (Lipinski definition) is 2. The van der Waals surface area contributed by atoms with Gasteiger partial charge >= 0.3 is 0 Å². The van der Waals surface area contributed by atoms with E-state index in [0.717, 1.165) is 5.56 Å². The van der Waals surface area contributed by atoms with E-state index < -0.39 is 0 Å². The van der Waals surface area contributed by atoms with Crippen LogP contribution in [0.15, 0.2) is 53.6 Å². The second-order valence-electron chi connectivity index (χ2n) is 4.85. The van der Waals surface area contributed by atoms with E-state index in [1.54, 1.807) is 24.5 Å². The van der Waals surface area contributed by atoms with Crippen molar-refractivity contribution in [1.29, 1.82) is 0 Å². The Bertz CT molecular complexity index is 843. The smallest absolute Gasteiger partial charge is 0.244 e. The van der Waals surface area contributed by atoms with E-state index >= 15 is 0 Å². The molecule has 0 spiro atoms. The van der Waals surface area contributed by atoms with Crippen LogP contribution in [0.25, 0.3) is 17.3 Å². The van der Waals surface area contributed by atoms with Crippen LogP contribution in [0.4, 0.5) is 5.95 Å². The third-order valence-electron chi connectivity index (χ3n) is 3.07. The highest BCUT2D eigenvalue weighted by atomic mass is 16.5. The van der Waals surface area contributed by atoms with E-state index in [9.17, 15) is 4.79 Å². The number of hydrogen-bond acceptors (Lipinski definition) is 7. The van der Waals surface area contributed by atoms with Crippen molar-refractivity contribution in [3.05, 3.63) is 60.4 Å². The standard InChI is InChI=1S/C16H14N6O2/c17-16-20-7-11(8-21-16)3-4-15(23)19-10-13-6-14(22-24-13)12-2-1-5-18-9-12/h1-9H,10H2,(H,19,23)(H2,17,20,21). The number of carbonyl (C=O) groups is 1. The van der Waals surface area contributed by atoms with Gasteiger partial charge < -0.3 is 15.6 Å². The number of nitrogens with zero attached hydrogens (tertiary/aromatic N) is 4. The number of aromatic nitrogens is 4. The second-order valence-corrected chi connectivity index (χ2v) is 4.85. The van der Waals surface area contributed by atoms with Crippen LogP contribution in [0.3, 0.4) is 0 Å². The normalized spacial score (nSPS) is 10.8. The molecule has 0 bridgehead atoms. The van der Waals surface area contributed by atoms with Gasteiger partial charge in [0, 0.05) is 48.1 Å². The highest BCUT2D eigenvalue weighted by Gasteiger charge is 2.07. The number of nitrogen functional groups attached to an aromatic ring is 1. The molecule has 0 unspecified atom stereocenters. The van der Waals surface area contributed by atoms with Gasteiger partial charge in [0.1, 0.15) is 5.69 Å². The number of carbonyl (C=O) groups excluding carboxylic acids is 1. The molecule has 0 radical (unpaired) electrons. The van der Waals surface area contributed by atoms with Gasteiger partial charge in [0.25, 0.3) is 0 Å². The average molecular weight is 322 g/mol. The van der Waals surface area contributed by atoms with Gasteiger partial charge in [0.15, 0.2) is 5.76 Å². The summed E-state index contributed by atoms with van der Waals surface area (Å²) in [6.45, 7) is 0.231. The Kier molecular flexibility index (Phi) is 4.57. The molecular weight excluding hydrogens is 308 g/mol. The zero-order valence-corrected chi connectivity index (χ0v) is 12.6. The Labute approximate surface area is 137 Å². The first-order valence-corrected chi connectivity index (χ1v) is 7.10. The molecule has 3 N–H and O–H groups in total. The maximum atomic E-state index is 11.8. The van der Waals surface area contributed by atoms with E-state index in [0.29, 0.717) is 17.0 Å². The Morgan fingerprint density at radius 1 is 1.29 bits per heavy atom. The van der Waals surface area contributed by atoms with Gasteiger partial charge in [-0.15, -0.1) is 0 Å². The molecule has 3 heterocycles. The predicted octanol–water partition coefficient (Wildman–Crippen LogP) is 1.44. The maximum absolute atomic E-state index is 11.8. The first-order valence-electron chi connectivity index (χ1n) is 7.10. The number of nitrogens with two attached hydrogens (primary N) is 1. The molecule has 0 aliphatic heterocycles. The molecule has 24 heavy (non-hydrogen) atoms. The first kappa shape index (κ1) is 15.3. The molecule has 0 saturated carbocycles. The summed E-state index contributed by atoms with van der Waals surface area (Å²) in [6.07, 6.45) is 9.41. The third kappa shape index (κ3) is 4.01. The van der Waals surface area contributed by atoms with Crippen LogP contribution in [0.2, 0.25) is 0 Å². The van der Waals surface area contributed by atoms with E-state index in [4.69, 9.17) is 10.3 Å². The lowest BCUT2D eigenvalue weighted by molar-refractivity contribution is -0.116. The Balaban J connectivity index is 1.55. The summed E-state index contributed by atoms with van der Waals surface area (Å²) < 4.78 is 5.19. The minimum Gasteiger partial charge on any atom is -0.368 e. The number of amides is 1. The molecule has 3 aromatic heterocycles. The summed E-state index contributed by atoms with van der Waals surface area (Å²) in [5.41, 5.74) is 7.59. The Morgan fingerprint density at radius 3 is 2.88 bits per heavy atom. The van der Waals surface area contributed by atoms with Crippen LogP contribution in [-0.4, -0.2) is 26.0 Å². The molecule has 0 aromatic carbocycles. The van der Waals surface area contributed by atoms with Crippen molar-refractivity contribution in [1.82, 2.24) is 25.4 Å². The zero-order valence-electron chi connectivity index (χ0n) is 12.6. The van der Waals surface area contributed by atoms with Crippen LogP contribution < -0.4 is 11.1 Å². The largest absolute Gasteiger partial charge is 0.368 e. The van der Waals surface area contributed by atoms with Crippen LogP contribution in [-0.2, 0) is 11.3 Å². The number of anilines is 1. The fraction of sp³-hybridized carbons (Fsp3) is 0.0625. The Morgan fingerprint density at radius 2 is 2.12 bits per heavy atom. The fourth-order valence-corrected chi connectivity index (χ4v) is 1.89. The topological polar surface area (TPSA) is 120 Å². The van der Waals surface area contributed by atoms with E-state index in [1.807, 2.05) is 12.1 Å². The number of pyridine rings is 1. The van der Waals surface area contributed by atoms with Gasteiger partial charge in [-0.05, 0) is 18.2 Å². The van der Waals surface area contributed by atoms with Crippen LogP contribution >= 0.6 is 0 Å². The Hall–Kier alpha value is -3.55. The molecule has 8 heteroatoms. The summed E-state index contributed by atoms with van der Waals surface area (Å²) in [7, 11) is 0. The summed E-state index contributed by atoms with van der Waals surface area (Å²) in [6, 6.07) is 5.45. The summed E-state index contributed by atoms with van der Waals surface area (Å²) in [5.74, 6) is 0.462. The summed E-state index contributed by atoms with van der Waals surface area (Å²) >= 11 is 0. The highest BCUT2D eigenvalue weighted by Crippen LogP contribution is 2.17. The predicted molar refractivity (Wildman–Crippen MR) is 87.1 cm³/mol. The zero-order chi connectivity index (χ0) is 16.8. The molecule has 0 fully saturated rings. The van der Waals surface area contributed by atoms with Crippen molar-refractivity contribution in [2.45, 2.75) is 6.54 Å². The van der Waals surface area contributed by atoms with Gasteiger partial charge in [-0.1, -0.05) is 5.16 Å². The van der Waals surface area contributed by atoms with Crippen molar-refractivity contribution in [2.24, 2.45) is 0 Å². The van der Waals surface area contributed by atoms with Crippen LogP contribution in [0.5, 0.6) is 0 Å². The molecule has 3 aromatic rings. The van der Waals surface area contributed by atoms with Crippen molar-refractivity contribution >= 4 is 17.9 Å². The summed E-state index contributed by atoms with van der Waals surface area (Å²) in [4.78, 5) is 23.5. The van der Waals surface area contributed by atoms with E-state index in [-0.39, 0.29) is 18.4 Å². The molecule has 3 rings (SSSR count). The minimum absolute atomic E-state index is 0.186. The average Bonchev–Trinajstić information content (AvgIpc) is 3.09. The monoisotopic (exact) mass is 322 g/mol. The number of nitrogens with one attached hydrogen (secondary N) is 1. The maximum Gasteiger partial charge on any atom is 0.244 e. The lowest BCUT2D eigenvalue weighted by Gasteiger charge is -1.97. The molecular formula is C16H14N6O2. The van der Waals surface area contributed by atoms with Crippen molar-refractivity contribution < 1.29 is 9.32 Å². The first-order chi connectivity index (χ1) is 11.7. The van der Waals surface area contributed by atoms with Crippen molar-refractivity contribution in [2.75, 3.05) is 5.73 Å². The van der Waals surface area contributed by atoms with Crippen LogP contribution in [0, 0.1) is 0 Å². The van der Waals surface area contributed by atoms with Gasteiger partial charge in [0.05, 0.1) is 6.54 Å². The molecule has 0 aliphatic rings. The molecule has 8 nitrogen and oxygen atoms in total. The lowest BCUT2D eigenvalue weighted by atomic mass is 10.2. The highest BCUT2D eigenvalue weighted by molar-refractivity contribution is 5.91. The second kappa shape index (κ2) is 7.14. The van der Waals surface area contributed by atoms with E-state index in [1.165, 1.54) is 18.5 Å². The van der Waals surface area contributed by atoms with Gasteiger partial charge in [-0.25, -0.2) is 9.97 Å². The van der Waals surface area contributed by atoms with Gasteiger partial charge in [-0.2, -0.15) is 0 Å². The van der Waals surface area contributed by atoms with Crippen molar-refractivity contribution in [3.8, 4) is 11.3 Å². The molecule has 0 atom stereocenters. The van der Waals surface area contributed by atoms with Crippen molar-refractivity contribution in [3.63, 3.8) is 0 Å². The SMILES string of the molecule is Nc1ncc(C=CC(=O)NCc2cc(-c3cccnc3)no2)cn1.